The highest BCUT2D eigenvalue weighted by Gasteiger charge is 2.27. The molecular weight excluding hydrogens is 318 g/mol. The fraction of sp³-hybridized carbons (Fsp3) is 0.632. The lowest BCUT2D eigenvalue weighted by atomic mass is 9.98. The standard InChI is InChI=1S/C19H31N3O3/c1-19(24)9-6-11-22(12-10-19)18(23)20-14-17(21(2)3)15-7-5-8-16(13-15)25-4/h5,7-8,13,17,24H,6,9-12,14H2,1-4H3,(H,20,23)/t17-,19+/m1/s1. The Kier molecular flexibility index (Phi) is 6.67. The number of nitrogens with zero attached hydrogens (tertiary/aromatic N) is 2. The highest BCUT2D eigenvalue weighted by atomic mass is 16.5. The van der Waals surface area contributed by atoms with Crippen molar-refractivity contribution in [3.63, 3.8) is 0 Å². The van der Waals surface area contributed by atoms with Gasteiger partial charge in [0.15, 0.2) is 0 Å². The van der Waals surface area contributed by atoms with E-state index in [0.717, 1.165) is 24.2 Å². The maximum atomic E-state index is 12.5. The van der Waals surface area contributed by atoms with Crippen LogP contribution in [0.25, 0.3) is 0 Å². The van der Waals surface area contributed by atoms with Crippen LogP contribution in [0.1, 0.15) is 37.8 Å². The topological polar surface area (TPSA) is 65.0 Å². The van der Waals surface area contributed by atoms with E-state index in [1.54, 1.807) is 12.0 Å². The number of likely N-dealkylation sites (N-methyl/N-ethyl adjacent to an activating group) is 1. The SMILES string of the molecule is COc1cccc([C@@H](CNC(=O)N2CCC[C@](C)(O)CC2)N(C)C)c1. The largest absolute Gasteiger partial charge is 0.497 e. The molecule has 2 N–H and O–H groups in total. The van der Waals surface area contributed by atoms with Crippen LogP contribution in [0.3, 0.4) is 0 Å². The summed E-state index contributed by atoms with van der Waals surface area (Å²) in [5.74, 6) is 0.811. The van der Waals surface area contributed by atoms with E-state index in [0.29, 0.717) is 26.1 Å². The van der Waals surface area contributed by atoms with E-state index in [1.165, 1.54) is 0 Å². The van der Waals surface area contributed by atoms with E-state index >= 15 is 0 Å². The third-order valence-electron chi connectivity index (χ3n) is 4.90. The van der Waals surface area contributed by atoms with Crippen molar-refractivity contribution in [2.24, 2.45) is 0 Å². The van der Waals surface area contributed by atoms with E-state index in [-0.39, 0.29) is 12.1 Å². The Morgan fingerprint density at radius 2 is 2.16 bits per heavy atom. The summed E-state index contributed by atoms with van der Waals surface area (Å²) in [4.78, 5) is 16.4. The number of benzene rings is 1. The number of hydrogen-bond donors (Lipinski definition) is 2. The first-order chi connectivity index (χ1) is 11.8. The molecule has 0 radical (unpaired) electrons. The number of carbonyl (C=O) groups excluding carboxylic acids is 1. The van der Waals surface area contributed by atoms with Crippen LogP contribution in [-0.2, 0) is 0 Å². The number of rotatable bonds is 5. The summed E-state index contributed by atoms with van der Waals surface area (Å²) < 4.78 is 5.30. The van der Waals surface area contributed by atoms with Crippen molar-refractivity contribution >= 4 is 6.03 Å². The maximum Gasteiger partial charge on any atom is 0.317 e. The average molecular weight is 349 g/mol. The highest BCUT2D eigenvalue weighted by molar-refractivity contribution is 5.74. The van der Waals surface area contributed by atoms with E-state index in [1.807, 2.05) is 45.3 Å². The summed E-state index contributed by atoms with van der Waals surface area (Å²) in [6.45, 7) is 3.64. The summed E-state index contributed by atoms with van der Waals surface area (Å²) in [6.07, 6.45) is 2.18. The minimum absolute atomic E-state index is 0.0625. The number of likely N-dealkylation sites (tertiary alicyclic amines) is 1. The maximum absolute atomic E-state index is 12.5. The van der Waals surface area contributed by atoms with Crippen LogP contribution >= 0.6 is 0 Å². The zero-order chi connectivity index (χ0) is 18.4. The number of carbonyl (C=O) groups is 1. The lowest BCUT2D eigenvalue weighted by molar-refractivity contribution is 0.0456. The van der Waals surface area contributed by atoms with Gasteiger partial charge in [0, 0.05) is 19.6 Å². The van der Waals surface area contributed by atoms with Crippen molar-refractivity contribution in [3.05, 3.63) is 29.8 Å². The van der Waals surface area contributed by atoms with Gasteiger partial charge < -0.3 is 25.0 Å². The van der Waals surface area contributed by atoms with E-state index < -0.39 is 5.60 Å². The molecule has 1 fully saturated rings. The molecule has 2 atom stereocenters. The monoisotopic (exact) mass is 349 g/mol. The first-order valence-electron chi connectivity index (χ1n) is 8.88. The van der Waals surface area contributed by atoms with Crippen LogP contribution in [0.5, 0.6) is 5.75 Å². The van der Waals surface area contributed by atoms with Gasteiger partial charge in [-0.25, -0.2) is 4.79 Å². The second-order valence-corrected chi connectivity index (χ2v) is 7.28. The summed E-state index contributed by atoms with van der Waals surface area (Å²) in [5, 5.41) is 13.2. The molecule has 1 heterocycles. The van der Waals surface area contributed by atoms with E-state index in [2.05, 4.69) is 10.2 Å². The number of urea groups is 1. The second kappa shape index (κ2) is 8.54. The van der Waals surface area contributed by atoms with Gasteiger partial charge in [0.25, 0.3) is 0 Å². The van der Waals surface area contributed by atoms with Gasteiger partial charge in [0.1, 0.15) is 5.75 Å². The van der Waals surface area contributed by atoms with Crippen molar-refractivity contribution < 1.29 is 14.6 Å². The Balaban J connectivity index is 1.97. The van der Waals surface area contributed by atoms with Crippen LogP contribution in [-0.4, -0.2) is 67.4 Å². The lowest BCUT2D eigenvalue weighted by Gasteiger charge is -2.28. The number of nitrogens with one attached hydrogen (secondary N) is 1. The van der Waals surface area contributed by atoms with Gasteiger partial charge in [-0.1, -0.05) is 12.1 Å². The van der Waals surface area contributed by atoms with Crippen molar-refractivity contribution in [3.8, 4) is 5.75 Å². The summed E-state index contributed by atoms with van der Waals surface area (Å²) in [5.41, 5.74) is 0.436. The Bertz CT molecular complexity index is 575. The van der Waals surface area contributed by atoms with E-state index in [9.17, 15) is 9.90 Å². The van der Waals surface area contributed by atoms with Gasteiger partial charge >= 0.3 is 6.03 Å². The molecule has 1 aliphatic heterocycles. The van der Waals surface area contributed by atoms with Gasteiger partial charge in [0.05, 0.1) is 18.8 Å². The number of aliphatic hydroxyl groups is 1. The predicted molar refractivity (Wildman–Crippen MR) is 98.9 cm³/mol. The molecule has 0 unspecified atom stereocenters. The predicted octanol–water partition coefficient (Wildman–Crippen LogP) is 2.24. The summed E-state index contributed by atoms with van der Waals surface area (Å²) in [6, 6.07) is 7.92. The molecule has 6 heteroatoms. The first-order valence-corrected chi connectivity index (χ1v) is 8.88. The highest BCUT2D eigenvalue weighted by Crippen LogP contribution is 2.23. The Labute approximate surface area is 150 Å². The summed E-state index contributed by atoms with van der Waals surface area (Å²) in [7, 11) is 5.65. The zero-order valence-electron chi connectivity index (χ0n) is 15.8. The van der Waals surface area contributed by atoms with Crippen LogP contribution in [0, 0.1) is 0 Å². The molecule has 0 aliphatic carbocycles. The van der Waals surface area contributed by atoms with Gasteiger partial charge in [-0.15, -0.1) is 0 Å². The van der Waals surface area contributed by atoms with Crippen molar-refractivity contribution in [2.45, 2.75) is 37.8 Å². The van der Waals surface area contributed by atoms with Crippen molar-refractivity contribution in [1.82, 2.24) is 15.1 Å². The van der Waals surface area contributed by atoms with Crippen LogP contribution < -0.4 is 10.1 Å². The molecule has 2 rings (SSSR count). The van der Waals surface area contributed by atoms with Crippen molar-refractivity contribution in [2.75, 3.05) is 40.8 Å². The van der Waals surface area contributed by atoms with E-state index in [4.69, 9.17) is 4.74 Å². The minimum Gasteiger partial charge on any atom is -0.497 e. The van der Waals surface area contributed by atoms with Gasteiger partial charge in [-0.05, 0) is 58.0 Å². The molecule has 1 saturated heterocycles. The first kappa shape index (κ1) is 19.5. The third-order valence-corrected chi connectivity index (χ3v) is 4.90. The minimum atomic E-state index is -0.665. The molecule has 0 aromatic heterocycles. The van der Waals surface area contributed by atoms with Gasteiger partial charge in [0.2, 0.25) is 0 Å². The Morgan fingerprint density at radius 3 is 2.84 bits per heavy atom. The lowest BCUT2D eigenvalue weighted by Crippen LogP contribution is -2.44. The quantitative estimate of drug-likeness (QED) is 0.856. The fourth-order valence-electron chi connectivity index (χ4n) is 3.21. The van der Waals surface area contributed by atoms with Crippen LogP contribution in [0.15, 0.2) is 24.3 Å². The molecule has 1 aliphatic rings. The number of methoxy groups -OCH3 is 1. The van der Waals surface area contributed by atoms with Crippen LogP contribution in [0.4, 0.5) is 4.79 Å². The number of ether oxygens (including phenoxy) is 1. The molecule has 140 valence electrons. The Morgan fingerprint density at radius 1 is 1.40 bits per heavy atom. The van der Waals surface area contributed by atoms with Gasteiger partial charge in [-0.3, -0.25) is 0 Å². The molecule has 25 heavy (non-hydrogen) atoms. The summed E-state index contributed by atoms with van der Waals surface area (Å²) >= 11 is 0. The average Bonchev–Trinajstić information content (AvgIpc) is 2.75. The number of hydrogen-bond acceptors (Lipinski definition) is 4. The molecule has 1 aromatic carbocycles. The van der Waals surface area contributed by atoms with Crippen molar-refractivity contribution in [1.29, 1.82) is 0 Å². The molecule has 1 aromatic rings. The Hall–Kier alpha value is -1.79. The smallest absolute Gasteiger partial charge is 0.317 e. The fourth-order valence-corrected chi connectivity index (χ4v) is 3.21. The molecule has 6 nitrogen and oxygen atoms in total. The molecule has 0 saturated carbocycles. The zero-order valence-corrected chi connectivity index (χ0v) is 15.8. The molecule has 0 bridgehead atoms. The second-order valence-electron chi connectivity index (χ2n) is 7.28. The normalized spacial score (nSPS) is 22.4. The molecule has 2 amide bonds. The number of amides is 2. The van der Waals surface area contributed by atoms with Gasteiger partial charge in [-0.2, -0.15) is 0 Å². The molecular formula is C19H31N3O3. The third kappa shape index (κ3) is 5.61. The van der Waals surface area contributed by atoms with Crippen LogP contribution in [0.2, 0.25) is 0 Å². The molecule has 0 spiro atoms.